The molecule has 1 unspecified atom stereocenters. The largest absolute Gasteiger partial charge is 0.467 e. The third-order valence-corrected chi connectivity index (χ3v) is 4.19. The number of halogens is 1. The Hall–Kier alpha value is -1.86. The summed E-state index contributed by atoms with van der Waals surface area (Å²) in [6.07, 6.45) is 5.25. The summed E-state index contributed by atoms with van der Waals surface area (Å²) in [5.74, 6) is -0.594. The summed E-state index contributed by atoms with van der Waals surface area (Å²) < 4.78 is 6.51. The van der Waals surface area contributed by atoms with Crippen molar-refractivity contribution in [3.63, 3.8) is 0 Å². The molecule has 6 nitrogen and oxygen atoms in total. The zero-order valence-electron chi connectivity index (χ0n) is 13.1. The van der Waals surface area contributed by atoms with E-state index in [-0.39, 0.29) is 11.8 Å². The highest BCUT2D eigenvalue weighted by Gasteiger charge is 2.21. The molecule has 0 aromatic carbocycles. The Morgan fingerprint density at radius 1 is 1.52 bits per heavy atom. The zero-order valence-corrected chi connectivity index (χ0v) is 14.6. The molecule has 1 N–H and O–H groups in total. The van der Waals surface area contributed by atoms with Crippen molar-refractivity contribution in [3.05, 3.63) is 28.5 Å². The standard InChI is InChI=1S/C15H18ClN3O3S/c1-9(2)8-10(14(21)22-3)17-12(20)5-4-11-13(16)18-15-19(11)6-7-23-15/h4-7,9-10H,8H2,1-3H3,(H,17,20)/b5-4+. The second kappa shape index (κ2) is 7.61. The third-order valence-electron chi connectivity index (χ3n) is 3.16. The van der Waals surface area contributed by atoms with Crippen LogP contribution >= 0.6 is 22.9 Å². The Labute approximate surface area is 143 Å². The molecule has 0 spiro atoms. The van der Waals surface area contributed by atoms with E-state index in [1.54, 1.807) is 10.5 Å². The van der Waals surface area contributed by atoms with Crippen molar-refractivity contribution in [2.24, 2.45) is 5.92 Å². The molecule has 8 heteroatoms. The van der Waals surface area contributed by atoms with Gasteiger partial charge in [0.2, 0.25) is 5.91 Å². The average Bonchev–Trinajstić information content (AvgIpc) is 3.04. The molecular formula is C15H18ClN3O3S. The number of ether oxygens (including phenoxy) is 1. The first-order chi connectivity index (χ1) is 10.9. The predicted molar refractivity (Wildman–Crippen MR) is 90.5 cm³/mol. The molecule has 2 heterocycles. The highest BCUT2D eigenvalue weighted by Crippen LogP contribution is 2.22. The second-order valence-corrected chi connectivity index (χ2v) is 6.62. The van der Waals surface area contributed by atoms with E-state index in [4.69, 9.17) is 16.3 Å². The van der Waals surface area contributed by atoms with Gasteiger partial charge >= 0.3 is 5.97 Å². The summed E-state index contributed by atoms with van der Waals surface area (Å²) in [7, 11) is 1.30. The van der Waals surface area contributed by atoms with Crippen LogP contribution in [0.2, 0.25) is 5.15 Å². The van der Waals surface area contributed by atoms with Gasteiger partial charge in [0.1, 0.15) is 6.04 Å². The lowest BCUT2D eigenvalue weighted by molar-refractivity contribution is -0.145. The highest BCUT2D eigenvalue weighted by atomic mass is 35.5. The lowest BCUT2D eigenvalue weighted by Gasteiger charge is -2.17. The van der Waals surface area contributed by atoms with Crippen LogP contribution in [0.5, 0.6) is 0 Å². The topological polar surface area (TPSA) is 72.7 Å². The van der Waals surface area contributed by atoms with Gasteiger partial charge in [0.25, 0.3) is 0 Å². The third kappa shape index (κ3) is 4.33. The van der Waals surface area contributed by atoms with Crippen LogP contribution in [0.15, 0.2) is 17.7 Å². The summed E-state index contributed by atoms with van der Waals surface area (Å²) in [5, 5.41) is 4.86. The van der Waals surface area contributed by atoms with E-state index in [0.29, 0.717) is 17.3 Å². The fourth-order valence-electron chi connectivity index (χ4n) is 2.13. The van der Waals surface area contributed by atoms with Crippen LogP contribution in [-0.4, -0.2) is 34.4 Å². The number of hydrogen-bond donors (Lipinski definition) is 1. The van der Waals surface area contributed by atoms with Crippen molar-refractivity contribution in [2.45, 2.75) is 26.3 Å². The Balaban J connectivity index is 2.09. The number of carbonyl (C=O) groups is 2. The van der Waals surface area contributed by atoms with E-state index < -0.39 is 12.0 Å². The van der Waals surface area contributed by atoms with Gasteiger partial charge in [0.05, 0.1) is 12.8 Å². The molecule has 0 radical (unpaired) electrons. The molecule has 0 saturated carbocycles. The number of hydrogen-bond acceptors (Lipinski definition) is 5. The van der Waals surface area contributed by atoms with Crippen LogP contribution < -0.4 is 5.32 Å². The van der Waals surface area contributed by atoms with Gasteiger partial charge in [-0.2, -0.15) is 0 Å². The summed E-state index contributed by atoms with van der Waals surface area (Å²) in [4.78, 5) is 28.7. The Morgan fingerprint density at radius 3 is 2.91 bits per heavy atom. The molecule has 0 saturated heterocycles. The first kappa shape index (κ1) is 17.5. The van der Waals surface area contributed by atoms with Crippen LogP contribution in [0.25, 0.3) is 11.0 Å². The van der Waals surface area contributed by atoms with E-state index in [1.165, 1.54) is 24.5 Å². The number of amides is 1. The van der Waals surface area contributed by atoms with Crippen molar-refractivity contribution < 1.29 is 14.3 Å². The molecule has 1 atom stereocenters. The number of carbonyl (C=O) groups excluding carboxylic acids is 2. The molecular weight excluding hydrogens is 338 g/mol. The maximum Gasteiger partial charge on any atom is 0.328 e. The van der Waals surface area contributed by atoms with E-state index in [2.05, 4.69) is 10.3 Å². The van der Waals surface area contributed by atoms with E-state index >= 15 is 0 Å². The molecule has 0 fully saturated rings. The average molecular weight is 356 g/mol. The maximum absolute atomic E-state index is 12.1. The number of nitrogens with one attached hydrogen (secondary N) is 1. The molecule has 0 aliphatic rings. The first-order valence-corrected chi connectivity index (χ1v) is 8.35. The summed E-state index contributed by atoms with van der Waals surface area (Å²) >= 11 is 7.51. The van der Waals surface area contributed by atoms with E-state index in [0.717, 1.165) is 4.96 Å². The number of aromatic nitrogens is 2. The van der Waals surface area contributed by atoms with Crippen molar-refractivity contribution in [1.82, 2.24) is 14.7 Å². The predicted octanol–water partition coefficient (Wildman–Crippen LogP) is 2.77. The first-order valence-electron chi connectivity index (χ1n) is 7.09. The SMILES string of the molecule is COC(=O)C(CC(C)C)NC(=O)/C=C/c1c(Cl)nc2sccn12. The molecule has 2 rings (SSSR count). The fraction of sp³-hybridized carbons (Fsp3) is 0.400. The van der Waals surface area contributed by atoms with Crippen LogP contribution in [0, 0.1) is 5.92 Å². The van der Waals surface area contributed by atoms with Gasteiger partial charge in [-0.15, -0.1) is 11.3 Å². The minimum atomic E-state index is -0.667. The zero-order chi connectivity index (χ0) is 17.0. The second-order valence-electron chi connectivity index (χ2n) is 5.39. The van der Waals surface area contributed by atoms with Crippen molar-refractivity contribution in [2.75, 3.05) is 7.11 Å². The lowest BCUT2D eigenvalue weighted by atomic mass is 10.0. The highest BCUT2D eigenvalue weighted by molar-refractivity contribution is 7.15. The van der Waals surface area contributed by atoms with Crippen LogP contribution in [0.3, 0.4) is 0 Å². The Kier molecular flexibility index (Phi) is 5.79. The van der Waals surface area contributed by atoms with Crippen molar-refractivity contribution in [3.8, 4) is 0 Å². The minimum absolute atomic E-state index is 0.248. The number of esters is 1. The monoisotopic (exact) mass is 355 g/mol. The number of methoxy groups -OCH3 is 1. The quantitative estimate of drug-likeness (QED) is 0.638. The molecule has 0 bridgehead atoms. The number of imidazole rings is 1. The van der Waals surface area contributed by atoms with Gasteiger partial charge < -0.3 is 10.1 Å². The van der Waals surface area contributed by atoms with Crippen LogP contribution in [0.4, 0.5) is 0 Å². The maximum atomic E-state index is 12.1. The fourth-order valence-corrected chi connectivity index (χ4v) is 3.13. The van der Waals surface area contributed by atoms with Gasteiger partial charge in [-0.3, -0.25) is 9.20 Å². The van der Waals surface area contributed by atoms with Gasteiger partial charge in [-0.25, -0.2) is 9.78 Å². The number of fused-ring (bicyclic) bond motifs is 1. The minimum Gasteiger partial charge on any atom is -0.467 e. The van der Waals surface area contributed by atoms with Crippen LogP contribution in [-0.2, 0) is 14.3 Å². The van der Waals surface area contributed by atoms with Crippen molar-refractivity contribution >= 4 is 45.9 Å². The molecule has 2 aromatic rings. The summed E-state index contributed by atoms with van der Waals surface area (Å²) in [5.41, 5.74) is 0.622. The molecule has 1 amide bonds. The molecule has 23 heavy (non-hydrogen) atoms. The van der Waals surface area contributed by atoms with Gasteiger partial charge in [0.15, 0.2) is 10.1 Å². The molecule has 124 valence electrons. The number of thiazole rings is 1. The molecule has 0 aliphatic heterocycles. The van der Waals surface area contributed by atoms with Gasteiger partial charge in [-0.1, -0.05) is 25.4 Å². The summed E-state index contributed by atoms with van der Waals surface area (Å²) in [6, 6.07) is -0.667. The molecule has 2 aromatic heterocycles. The van der Waals surface area contributed by atoms with Gasteiger partial charge in [-0.05, 0) is 18.4 Å². The Morgan fingerprint density at radius 2 is 2.26 bits per heavy atom. The van der Waals surface area contributed by atoms with E-state index in [1.807, 2.05) is 25.4 Å². The summed E-state index contributed by atoms with van der Waals surface area (Å²) in [6.45, 7) is 3.94. The normalized spacial score (nSPS) is 12.9. The molecule has 0 aliphatic carbocycles. The van der Waals surface area contributed by atoms with Gasteiger partial charge in [0, 0.05) is 17.7 Å². The smallest absolute Gasteiger partial charge is 0.328 e. The number of rotatable bonds is 6. The Bertz CT molecular complexity index is 735. The van der Waals surface area contributed by atoms with Crippen LogP contribution in [0.1, 0.15) is 26.0 Å². The number of nitrogens with zero attached hydrogens (tertiary/aromatic N) is 2. The van der Waals surface area contributed by atoms with Crippen molar-refractivity contribution in [1.29, 1.82) is 0 Å². The van der Waals surface area contributed by atoms with E-state index in [9.17, 15) is 9.59 Å². The lowest BCUT2D eigenvalue weighted by Crippen LogP contribution is -2.41.